The van der Waals surface area contributed by atoms with Crippen LogP contribution in [0.3, 0.4) is 0 Å². The van der Waals surface area contributed by atoms with Crippen molar-refractivity contribution in [1.29, 1.82) is 0 Å². The fourth-order valence-electron chi connectivity index (χ4n) is 3.73. The number of pyridine rings is 1. The van der Waals surface area contributed by atoms with Gasteiger partial charge in [-0.1, -0.05) is 11.2 Å². The summed E-state index contributed by atoms with van der Waals surface area (Å²) in [6, 6.07) is 6.33. The van der Waals surface area contributed by atoms with Gasteiger partial charge in [0.05, 0.1) is 19.3 Å². The molecule has 3 atom stereocenters. The Kier molecular flexibility index (Phi) is 8.02. The van der Waals surface area contributed by atoms with E-state index < -0.39 is 27.4 Å². The van der Waals surface area contributed by atoms with Gasteiger partial charge in [0.1, 0.15) is 29.0 Å². The van der Waals surface area contributed by atoms with Gasteiger partial charge in [-0.3, -0.25) is 9.29 Å². The quantitative estimate of drug-likeness (QED) is 0.296. The highest BCUT2D eigenvalue weighted by atomic mass is 32.2. The number of hydrogen-bond donors (Lipinski definition) is 1. The first-order chi connectivity index (χ1) is 18.1. The Morgan fingerprint density at radius 3 is 2.42 bits per heavy atom. The second-order valence-electron chi connectivity index (χ2n) is 8.96. The zero-order valence-corrected chi connectivity index (χ0v) is 22.7. The van der Waals surface area contributed by atoms with Crippen molar-refractivity contribution in [3.63, 3.8) is 0 Å². The van der Waals surface area contributed by atoms with Gasteiger partial charge in [0.25, 0.3) is 0 Å². The van der Waals surface area contributed by atoms with Crippen molar-refractivity contribution >= 4 is 16.0 Å². The minimum absolute atomic E-state index is 0.0277. The number of rotatable bonds is 11. The Bertz CT molecular complexity index is 1460. The summed E-state index contributed by atoms with van der Waals surface area (Å²) in [5, 5.41) is 11.3. The molecule has 0 saturated carbocycles. The lowest BCUT2D eigenvalue weighted by atomic mass is 10.2. The molecule has 0 aliphatic rings. The van der Waals surface area contributed by atoms with Crippen molar-refractivity contribution in [1.82, 2.24) is 34.9 Å². The van der Waals surface area contributed by atoms with E-state index >= 15 is 0 Å². The predicted molar refractivity (Wildman–Crippen MR) is 138 cm³/mol. The van der Waals surface area contributed by atoms with Crippen LogP contribution in [0.1, 0.15) is 56.9 Å². The second-order valence-corrected chi connectivity index (χ2v) is 11.0. The van der Waals surface area contributed by atoms with Crippen LogP contribution in [0.5, 0.6) is 5.88 Å². The van der Waals surface area contributed by atoms with Gasteiger partial charge in [-0.05, 0) is 46.2 Å². The van der Waals surface area contributed by atoms with Crippen molar-refractivity contribution in [2.45, 2.75) is 58.1 Å². The van der Waals surface area contributed by atoms with Crippen molar-refractivity contribution < 1.29 is 22.4 Å². The molecule has 4 rings (SSSR count). The minimum atomic E-state index is -4.09. The van der Waals surface area contributed by atoms with Crippen molar-refractivity contribution in [3.8, 4) is 17.4 Å². The van der Waals surface area contributed by atoms with E-state index in [1.165, 1.54) is 20.3 Å². The van der Waals surface area contributed by atoms with Gasteiger partial charge in [0.15, 0.2) is 11.6 Å². The number of nitrogens with one attached hydrogen (secondary N) is 1. The highest BCUT2D eigenvalue weighted by Gasteiger charge is 2.36. The van der Waals surface area contributed by atoms with E-state index in [-0.39, 0.29) is 17.9 Å². The van der Waals surface area contributed by atoms with E-state index in [0.29, 0.717) is 23.1 Å². The van der Waals surface area contributed by atoms with Gasteiger partial charge in [-0.2, -0.15) is 0 Å². The van der Waals surface area contributed by atoms with Gasteiger partial charge < -0.3 is 14.0 Å². The molecular formula is C24H30N8O5S. The van der Waals surface area contributed by atoms with Crippen molar-refractivity contribution in [2.75, 3.05) is 11.8 Å². The minimum Gasteiger partial charge on any atom is -0.481 e. The van der Waals surface area contributed by atoms with Crippen LogP contribution in [0.15, 0.2) is 47.4 Å². The van der Waals surface area contributed by atoms with Gasteiger partial charge in [0.2, 0.25) is 21.9 Å². The topological polar surface area (TPSA) is 160 Å². The van der Waals surface area contributed by atoms with Gasteiger partial charge in [-0.25, -0.2) is 23.4 Å². The third-order valence-electron chi connectivity index (χ3n) is 5.75. The van der Waals surface area contributed by atoms with Crippen LogP contribution in [-0.4, -0.2) is 61.8 Å². The van der Waals surface area contributed by atoms with Crippen LogP contribution >= 0.6 is 0 Å². The monoisotopic (exact) mass is 542 g/mol. The van der Waals surface area contributed by atoms with E-state index in [2.05, 4.69) is 35.0 Å². The number of hydrogen-bond acceptors (Lipinski definition) is 11. The SMILES string of the molecule is COc1cccc(-c2nnc(NS(=O)(=O)[C@@H](C)[C@@H](OC(C)C)c3ncc(C)cn3)n2[C@H](C)c2ccon2)n1. The number of methoxy groups -OCH3 is 1. The van der Waals surface area contributed by atoms with Gasteiger partial charge in [-0.15, -0.1) is 10.2 Å². The molecule has 0 fully saturated rings. The van der Waals surface area contributed by atoms with E-state index in [9.17, 15) is 8.42 Å². The first kappa shape index (κ1) is 27.1. The zero-order valence-electron chi connectivity index (χ0n) is 21.9. The van der Waals surface area contributed by atoms with Crippen molar-refractivity contribution in [3.05, 3.63) is 60.0 Å². The van der Waals surface area contributed by atoms with E-state index in [0.717, 1.165) is 5.56 Å². The fraction of sp³-hybridized carbons (Fsp3) is 0.417. The first-order valence-electron chi connectivity index (χ1n) is 11.9. The molecule has 202 valence electrons. The van der Waals surface area contributed by atoms with Crippen LogP contribution in [0.2, 0.25) is 0 Å². The molecule has 0 unspecified atom stereocenters. The number of anilines is 1. The molecule has 0 spiro atoms. The Hall–Kier alpha value is -3.91. The number of aromatic nitrogens is 7. The molecule has 4 aromatic rings. The van der Waals surface area contributed by atoms with E-state index in [1.54, 1.807) is 41.2 Å². The molecule has 0 aliphatic carbocycles. The molecule has 4 heterocycles. The summed E-state index contributed by atoms with van der Waals surface area (Å²) in [5.74, 6) is 0.913. The van der Waals surface area contributed by atoms with Crippen LogP contribution in [0.25, 0.3) is 11.5 Å². The number of ether oxygens (including phenoxy) is 2. The van der Waals surface area contributed by atoms with Crippen LogP contribution in [-0.2, 0) is 14.8 Å². The Morgan fingerprint density at radius 1 is 1.05 bits per heavy atom. The molecule has 0 radical (unpaired) electrons. The molecule has 13 nitrogen and oxygen atoms in total. The summed E-state index contributed by atoms with van der Waals surface area (Å²) < 4.78 is 47.7. The summed E-state index contributed by atoms with van der Waals surface area (Å²) in [6.45, 7) is 8.83. The molecule has 0 saturated heterocycles. The molecule has 38 heavy (non-hydrogen) atoms. The number of nitrogens with zero attached hydrogens (tertiary/aromatic N) is 7. The lowest BCUT2D eigenvalue weighted by Gasteiger charge is -2.25. The van der Waals surface area contributed by atoms with Crippen LogP contribution in [0, 0.1) is 6.92 Å². The van der Waals surface area contributed by atoms with Gasteiger partial charge >= 0.3 is 0 Å². The third kappa shape index (κ3) is 5.81. The molecule has 4 aromatic heterocycles. The first-order valence-corrected chi connectivity index (χ1v) is 13.5. The van der Waals surface area contributed by atoms with Crippen LogP contribution < -0.4 is 9.46 Å². The average Bonchev–Trinajstić information content (AvgIpc) is 3.57. The summed E-state index contributed by atoms with van der Waals surface area (Å²) >= 11 is 0. The largest absolute Gasteiger partial charge is 0.481 e. The molecular weight excluding hydrogens is 512 g/mol. The van der Waals surface area contributed by atoms with E-state index in [4.69, 9.17) is 14.0 Å². The smallest absolute Gasteiger partial charge is 0.240 e. The summed E-state index contributed by atoms with van der Waals surface area (Å²) in [4.78, 5) is 13.1. The fourth-order valence-corrected chi connectivity index (χ4v) is 4.82. The summed E-state index contributed by atoms with van der Waals surface area (Å²) in [7, 11) is -2.59. The standard InChI is InChI=1S/C24H30N8O5S/c1-14(2)37-21(22-25-12-15(3)13-26-22)17(5)38(33,34)31-24-29-28-23(19-8-7-9-20(27-19)35-6)32(24)16(4)18-10-11-36-30-18/h7-14,16-17,21H,1-6H3,(H,29,31)/t16-,17+,21-/m1/s1. The highest BCUT2D eigenvalue weighted by Crippen LogP contribution is 2.31. The normalized spacial score (nSPS) is 14.3. The Balaban J connectivity index is 1.74. The Labute approximate surface area is 220 Å². The molecule has 0 aliphatic heterocycles. The molecule has 0 amide bonds. The highest BCUT2D eigenvalue weighted by molar-refractivity contribution is 7.93. The van der Waals surface area contributed by atoms with Gasteiger partial charge in [0, 0.05) is 24.5 Å². The zero-order chi connectivity index (χ0) is 27.4. The maximum absolute atomic E-state index is 13.7. The third-order valence-corrected chi connectivity index (χ3v) is 7.45. The number of sulfonamides is 1. The molecule has 14 heteroatoms. The maximum Gasteiger partial charge on any atom is 0.240 e. The van der Waals surface area contributed by atoms with Crippen molar-refractivity contribution in [2.24, 2.45) is 0 Å². The summed E-state index contributed by atoms with van der Waals surface area (Å²) in [5.41, 5.74) is 1.82. The summed E-state index contributed by atoms with van der Waals surface area (Å²) in [6.07, 6.45) is 3.47. The molecule has 0 aromatic carbocycles. The van der Waals surface area contributed by atoms with Crippen LogP contribution in [0.4, 0.5) is 5.95 Å². The maximum atomic E-state index is 13.7. The predicted octanol–water partition coefficient (Wildman–Crippen LogP) is 3.34. The Morgan fingerprint density at radius 2 is 1.79 bits per heavy atom. The lowest BCUT2D eigenvalue weighted by Crippen LogP contribution is -2.35. The van der Waals surface area contributed by atoms with E-state index in [1.807, 2.05) is 27.7 Å². The number of aryl methyl sites for hydroxylation is 1. The average molecular weight is 543 g/mol. The molecule has 0 bridgehead atoms. The molecule has 1 N–H and O–H groups in total. The second kappa shape index (κ2) is 11.2. The lowest BCUT2D eigenvalue weighted by molar-refractivity contribution is 0.00152.